The van der Waals surface area contributed by atoms with Gasteiger partial charge in [-0.25, -0.2) is 0 Å². The predicted octanol–water partition coefficient (Wildman–Crippen LogP) is 0.535. The van der Waals surface area contributed by atoms with Crippen molar-refractivity contribution in [3.63, 3.8) is 0 Å². The van der Waals surface area contributed by atoms with Gasteiger partial charge < -0.3 is 5.32 Å². The third-order valence-electron chi connectivity index (χ3n) is 2.19. The molecule has 2 nitrogen and oxygen atoms in total. The van der Waals surface area contributed by atoms with E-state index in [1.54, 1.807) is 0 Å². The molecule has 1 N–H and O–H groups in total. The molecule has 0 saturated heterocycles. The molecule has 0 aliphatic heterocycles. The molecule has 0 unspecified atom stereocenters. The van der Waals surface area contributed by atoms with Crippen LogP contribution in [0.25, 0.3) is 0 Å². The second-order valence-corrected chi connectivity index (χ2v) is 3.84. The Kier molecular flexibility index (Phi) is 9.87. The topological polar surface area (TPSA) is 15.3 Å². The Morgan fingerprint density at radius 3 is 2.54 bits per heavy atom. The largest absolute Gasteiger partial charge is 0.304 e. The molecule has 78 valence electrons. The quantitative estimate of drug-likeness (QED) is 0.349. The lowest BCUT2D eigenvalue weighted by molar-refractivity contribution is 0.279. The van der Waals surface area contributed by atoms with E-state index in [0.717, 1.165) is 26.3 Å². The van der Waals surface area contributed by atoms with Crippen molar-refractivity contribution in [2.75, 3.05) is 26.3 Å². The van der Waals surface area contributed by atoms with Gasteiger partial charge in [-0.1, -0.05) is 19.9 Å². The van der Waals surface area contributed by atoms with Crippen LogP contribution in [0.1, 0.15) is 26.7 Å². The Balaban J connectivity index is 3.14. The fourth-order valence-corrected chi connectivity index (χ4v) is 1.53. The first-order valence-electron chi connectivity index (χ1n) is 5.39. The van der Waals surface area contributed by atoms with Crippen LogP contribution in [0.15, 0.2) is 11.8 Å². The van der Waals surface area contributed by atoms with Crippen LogP contribution in [0.5, 0.6) is 0 Å². The standard InChI is InChI=1S/C10H24N2Si/c1-3-12(4-2)10-11-8-6-5-7-9-13/h7,9,11H,3-6,8,10H2,1-2,13H3. The first kappa shape index (κ1) is 12.9. The Morgan fingerprint density at radius 2 is 2.00 bits per heavy atom. The zero-order chi connectivity index (χ0) is 9.94. The van der Waals surface area contributed by atoms with Crippen LogP contribution in [-0.2, 0) is 0 Å². The second kappa shape index (κ2) is 9.96. The zero-order valence-corrected chi connectivity index (χ0v) is 11.3. The third-order valence-corrected chi connectivity index (χ3v) is 2.66. The smallest absolute Gasteiger partial charge is 0.0480 e. The van der Waals surface area contributed by atoms with Crippen molar-refractivity contribution in [3.8, 4) is 0 Å². The van der Waals surface area contributed by atoms with E-state index in [-0.39, 0.29) is 0 Å². The number of hydrogen-bond acceptors (Lipinski definition) is 2. The van der Waals surface area contributed by atoms with Crippen LogP contribution in [-0.4, -0.2) is 41.4 Å². The van der Waals surface area contributed by atoms with Crippen molar-refractivity contribution < 1.29 is 0 Å². The summed E-state index contributed by atoms with van der Waals surface area (Å²) in [5.74, 6) is 0. The average molecular weight is 200 g/mol. The van der Waals surface area contributed by atoms with Crippen LogP contribution in [0, 0.1) is 0 Å². The number of rotatable bonds is 8. The molecule has 0 bridgehead atoms. The molecule has 0 atom stereocenters. The zero-order valence-electron chi connectivity index (χ0n) is 9.34. The lowest BCUT2D eigenvalue weighted by atomic mass is 10.3. The Bertz CT molecular complexity index is 122. The van der Waals surface area contributed by atoms with Gasteiger partial charge in [-0.2, -0.15) is 0 Å². The minimum atomic E-state index is 1.04. The summed E-state index contributed by atoms with van der Waals surface area (Å²) >= 11 is 0. The summed E-state index contributed by atoms with van der Waals surface area (Å²) in [5.41, 5.74) is 2.25. The molecule has 0 aliphatic rings. The van der Waals surface area contributed by atoms with Crippen LogP contribution in [0.3, 0.4) is 0 Å². The minimum absolute atomic E-state index is 1.04. The average Bonchev–Trinajstić information content (AvgIpc) is 2.17. The van der Waals surface area contributed by atoms with Crippen molar-refractivity contribution in [2.24, 2.45) is 0 Å². The summed E-state index contributed by atoms with van der Waals surface area (Å²) in [5, 5.41) is 3.45. The van der Waals surface area contributed by atoms with Crippen LogP contribution < -0.4 is 5.32 Å². The van der Waals surface area contributed by atoms with Gasteiger partial charge in [0.1, 0.15) is 0 Å². The Labute approximate surface area is 85.8 Å². The molecular formula is C10H24N2Si. The Morgan fingerprint density at radius 1 is 1.31 bits per heavy atom. The highest BCUT2D eigenvalue weighted by Gasteiger charge is 1.95. The molecule has 0 aromatic carbocycles. The number of allylic oxidation sites excluding steroid dienone is 1. The van der Waals surface area contributed by atoms with Crippen molar-refractivity contribution in [1.29, 1.82) is 0 Å². The molecule has 0 heterocycles. The summed E-state index contributed by atoms with van der Waals surface area (Å²) < 4.78 is 0. The van der Waals surface area contributed by atoms with E-state index in [1.165, 1.54) is 23.1 Å². The molecule has 3 heteroatoms. The van der Waals surface area contributed by atoms with E-state index < -0.39 is 0 Å². The molecule has 0 rings (SSSR count). The number of nitrogens with one attached hydrogen (secondary N) is 1. The molecule has 0 radical (unpaired) electrons. The summed E-state index contributed by atoms with van der Waals surface area (Å²) in [4.78, 5) is 2.39. The van der Waals surface area contributed by atoms with E-state index in [9.17, 15) is 0 Å². The molecule has 0 aromatic rings. The molecule has 0 spiro atoms. The highest BCUT2D eigenvalue weighted by Crippen LogP contribution is 1.88. The molecular weight excluding hydrogens is 176 g/mol. The maximum absolute atomic E-state index is 3.45. The second-order valence-electron chi connectivity index (χ2n) is 3.17. The summed E-state index contributed by atoms with van der Waals surface area (Å²) in [6.07, 6.45) is 4.78. The van der Waals surface area contributed by atoms with Gasteiger partial charge in [0.05, 0.1) is 0 Å². The first-order chi connectivity index (χ1) is 6.35. The van der Waals surface area contributed by atoms with E-state index in [4.69, 9.17) is 0 Å². The highest BCUT2D eigenvalue weighted by atomic mass is 28.1. The van der Waals surface area contributed by atoms with Crippen LogP contribution in [0.2, 0.25) is 0 Å². The maximum atomic E-state index is 3.45. The molecule has 0 aromatic heterocycles. The highest BCUT2D eigenvalue weighted by molar-refractivity contribution is 6.16. The molecule has 13 heavy (non-hydrogen) atoms. The van der Waals surface area contributed by atoms with Crippen molar-refractivity contribution in [3.05, 3.63) is 11.8 Å². The number of nitrogens with zero attached hydrogens (tertiary/aromatic N) is 1. The van der Waals surface area contributed by atoms with E-state index in [1.807, 2.05) is 0 Å². The van der Waals surface area contributed by atoms with Crippen LogP contribution in [0.4, 0.5) is 0 Å². The predicted molar refractivity (Wildman–Crippen MR) is 64.1 cm³/mol. The van der Waals surface area contributed by atoms with Crippen molar-refractivity contribution >= 4 is 10.2 Å². The monoisotopic (exact) mass is 200 g/mol. The summed E-state index contributed by atoms with van der Waals surface area (Å²) in [6.45, 7) is 8.87. The molecule has 0 saturated carbocycles. The number of unbranched alkanes of at least 4 members (excludes halogenated alkanes) is 1. The van der Waals surface area contributed by atoms with Gasteiger partial charge in [0.15, 0.2) is 0 Å². The summed E-state index contributed by atoms with van der Waals surface area (Å²) in [6, 6.07) is 0. The van der Waals surface area contributed by atoms with E-state index in [2.05, 4.69) is 35.8 Å². The van der Waals surface area contributed by atoms with Gasteiger partial charge in [0, 0.05) is 16.9 Å². The SMILES string of the molecule is CCN(CC)CNCCCC=C[SiH3]. The Hall–Kier alpha value is -0.123. The maximum Gasteiger partial charge on any atom is 0.0480 e. The van der Waals surface area contributed by atoms with Crippen molar-refractivity contribution in [2.45, 2.75) is 26.7 Å². The fourth-order valence-electron chi connectivity index (χ4n) is 1.20. The summed E-state index contributed by atoms with van der Waals surface area (Å²) in [7, 11) is 1.20. The van der Waals surface area contributed by atoms with Gasteiger partial charge in [0.25, 0.3) is 0 Å². The minimum Gasteiger partial charge on any atom is -0.304 e. The number of hydrogen-bond donors (Lipinski definition) is 1. The normalized spacial score (nSPS) is 11.9. The first-order valence-corrected chi connectivity index (χ1v) is 6.54. The third kappa shape index (κ3) is 8.21. The van der Waals surface area contributed by atoms with E-state index in [0.29, 0.717) is 0 Å². The lowest BCUT2D eigenvalue weighted by Gasteiger charge is -2.18. The van der Waals surface area contributed by atoms with Gasteiger partial charge in [-0.05, 0) is 32.5 Å². The lowest BCUT2D eigenvalue weighted by Crippen LogP contribution is -2.34. The van der Waals surface area contributed by atoms with E-state index >= 15 is 0 Å². The van der Waals surface area contributed by atoms with Gasteiger partial charge in [-0.3, -0.25) is 4.90 Å². The van der Waals surface area contributed by atoms with Gasteiger partial charge >= 0.3 is 0 Å². The molecule has 0 fully saturated rings. The van der Waals surface area contributed by atoms with Crippen molar-refractivity contribution in [1.82, 2.24) is 10.2 Å². The molecule has 0 aliphatic carbocycles. The van der Waals surface area contributed by atoms with Gasteiger partial charge in [0.2, 0.25) is 0 Å². The molecule has 0 amide bonds. The fraction of sp³-hybridized carbons (Fsp3) is 0.800. The van der Waals surface area contributed by atoms with Gasteiger partial charge in [-0.15, -0.1) is 5.70 Å². The van der Waals surface area contributed by atoms with Crippen LogP contribution >= 0.6 is 0 Å².